The molecule has 0 atom stereocenters. The fraction of sp³-hybridized carbons (Fsp3) is 1.00. The molecule has 0 saturated heterocycles. The van der Waals surface area contributed by atoms with Gasteiger partial charge >= 0.3 is 0 Å². The Labute approximate surface area is 84.3 Å². The molecule has 2 nitrogen and oxygen atoms in total. The van der Waals surface area contributed by atoms with Crippen molar-refractivity contribution in [1.29, 1.82) is 0 Å². The maximum atomic E-state index is 4.98. The summed E-state index contributed by atoms with van der Waals surface area (Å²) in [5.41, 5.74) is 0. The molecule has 0 unspecified atom stereocenters. The van der Waals surface area contributed by atoms with Crippen molar-refractivity contribution in [2.45, 2.75) is 40.0 Å². The van der Waals surface area contributed by atoms with E-state index in [4.69, 9.17) is 4.74 Å². The van der Waals surface area contributed by atoms with Crippen LogP contribution in [-0.4, -0.2) is 38.8 Å². The highest BCUT2D eigenvalue weighted by Gasteiger charge is 1.95. The van der Waals surface area contributed by atoms with E-state index in [0.717, 1.165) is 13.2 Å². The minimum Gasteiger partial charge on any atom is -0.383 e. The van der Waals surface area contributed by atoms with Crippen molar-refractivity contribution >= 4 is 0 Å². The summed E-state index contributed by atoms with van der Waals surface area (Å²) in [6.07, 6.45) is 3.96. The number of nitrogens with zero attached hydrogens (tertiary/aromatic N) is 1. The molecule has 82 valence electrons. The largest absolute Gasteiger partial charge is 0.383 e. The van der Waals surface area contributed by atoms with E-state index in [1.54, 1.807) is 7.11 Å². The lowest BCUT2D eigenvalue weighted by atomic mass is 10.2. The molecule has 0 rings (SSSR count). The Balaban J connectivity index is 0. The predicted molar refractivity (Wildman–Crippen MR) is 60.2 cm³/mol. The monoisotopic (exact) mass is 189 g/mol. The molecule has 0 aliphatic heterocycles. The Hall–Kier alpha value is -0.0800. The molecular formula is C11H27NO. The second-order valence-electron chi connectivity index (χ2n) is 3.00. The van der Waals surface area contributed by atoms with Gasteiger partial charge in [-0.05, 0) is 20.0 Å². The van der Waals surface area contributed by atoms with Crippen LogP contribution < -0.4 is 0 Å². The summed E-state index contributed by atoms with van der Waals surface area (Å²) in [6.45, 7) is 9.34. The first kappa shape index (κ1) is 15.4. The normalized spacial score (nSPS) is 9.69. The van der Waals surface area contributed by atoms with E-state index in [1.807, 2.05) is 13.8 Å². The Kier molecular flexibility index (Phi) is 17.1. The number of unbranched alkanes of at least 4 members (excludes halogenated alkanes) is 2. The molecule has 0 radical (unpaired) electrons. The molecule has 0 aromatic heterocycles. The van der Waals surface area contributed by atoms with Crippen LogP contribution >= 0.6 is 0 Å². The quantitative estimate of drug-likeness (QED) is 0.571. The maximum absolute atomic E-state index is 4.98. The lowest BCUT2D eigenvalue weighted by Gasteiger charge is -2.14. The first-order valence-electron chi connectivity index (χ1n) is 5.48. The van der Waals surface area contributed by atoms with E-state index in [1.165, 1.54) is 25.8 Å². The standard InChI is InChI=1S/C9H21NO.C2H6/c1-4-5-6-7-10(2)8-9-11-3;1-2/h4-9H2,1-3H3;1-2H3. The molecule has 0 aliphatic carbocycles. The van der Waals surface area contributed by atoms with Gasteiger partial charge in [0, 0.05) is 13.7 Å². The first-order chi connectivity index (χ1) is 6.31. The van der Waals surface area contributed by atoms with E-state index in [0.29, 0.717) is 0 Å². The van der Waals surface area contributed by atoms with Crippen LogP contribution in [0.2, 0.25) is 0 Å². The van der Waals surface area contributed by atoms with E-state index < -0.39 is 0 Å². The van der Waals surface area contributed by atoms with E-state index >= 15 is 0 Å². The molecule has 0 aromatic rings. The van der Waals surface area contributed by atoms with Gasteiger partial charge in [0.25, 0.3) is 0 Å². The van der Waals surface area contributed by atoms with Gasteiger partial charge in [-0.1, -0.05) is 33.6 Å². The van der Waals surface area contributed by atoms with Crippen LogP contribution in [0.5, 0.6) is 0 Å². The van der Waals surface area contributed by atoms with Crippen LogP contribution in [0.3, 0.4) is 0 Å². The molecule has 0 aromatic carbocycles. The first-order valence-corrected chi connectivity index (χ1v) is 5.48. The Morgan fingerprint density at radius 3 is 2.15 bits per heavy atom. The molecule has 0 fully saturated rings. The highest BCUT2D eigenvalue weighted by atomic mass is 16.5. The third kappa shape index (κ3) is 14.7. The maximum Gasteiger partial charge on any atom is 0.0589 e. The van der Waals surface area contributed by atoms with Gasteiger partial charge < -0.3 is 9.64 Å². The zero-order chi connectivity index (χ0) is 10.5. The Morgan fingerprint density at radius 2 is 1.69 bits per heavy atom. The van der Waals surface area contributed by atoms with E-state index in [9.17, 15) is 0 Å². The highest BCUT2D eigenvalue weighted by molar-refractivity contribution is 4.50. The van der Waals surface area contributed by atoms with Gasteiger partial charge in [-0.3, -0.25) is 0 Å². The topological polar surface area (TPSA) is 12.5 Å². The fourth-order valence-electron chi connectivity index (χ4n) is 0.991. The second-order valence-corrected chi connectivity index (χ2v) is 3.00. The van der Waals surface area contributed by atoms with Crippen molar-refractivity contribution in [2.24, 2.45) is 0 Å². The SMILES string of the molecule is CC.CCCCCN(C)CCOC. The summed E-state index contributed by atoms with van der Waals surface area (Å²) >= 11 is 0. The highest BCUT2D eigenvalue weighted by Crippen LogP contribution is 1.95. The van der Waals surface area contributed by atoms with Crippen LogP contribution in [0.1, 0.15) is 40.0 Å². The number of hydrogen-bond acceptors (Lipinski definition) is 2. The number of ether oxygens (including phenoxy) is 1. The summed E-state index contributed by atoms with van der Waals surface area (Å²) < 4.78 is 4.98. The van der Waals surface area contributed by atoms with Gasteiger partial charge in [-0.15, -0.1) is 0 Å². The summed E-state index contributed by atoms with van der Waals surface area (Å²) in [7, 11) is 3.90. The molecule has 0 spiro atoms. The molecule has 0 bridgehead atoms. The number of methoxy groups -OCH3 is 1. The molecule has 0 saturated carbocycles. The molecular weight excluding hydrogens is 162 g/mol. The number of likely N-dealkylation sites (N-methyl/N-ethyl adjacent to an activating group) is 1. The van der Waals surface area contributed by atoms with Crippen LogP contribution in [0.25, 0.3) is 0 Å². The lowest BCUT2D eigenvalue weighted by molar-refractivity contribution is 0.160. The van der Waals surface area contributed by atoms with Crippen molar-refractivity contribution in [3.8, 4) is 0 Å². The van der Waals surface area contributed by atoms with Crippen LogP contribution in [-0.2, 0) is 4.74 Å². The van der Waals surface area contributed by atoms with Gasteiger partial charge in [0.15, 0.2) is 0 Å². The average Bonchev–Trinajstić information content (AvgIpc) is 2.18. The summed E-state index contributed by atoms with van der Waals surface area (Å²) in [5, 5.41) is 0. The number of rotatable bonds is 7. The van der Waals surface area contributed by atoms with Crippen molar-refractivity contribution < 1.29 is 4.74 Å². The number of hydrogen-bond donors (Lipinski definition) is 0. The second kappa shape index (κ2) is 14.4. The minimum atomic E-state index is 0.850. The lowest BCUT2D eigenvalue weighted by Crippen LogP contribution is -2.23. The molecule has 0 amide bonds. The molecule has 0 aliphatic rings. The third-order valence-electron chi connectivity index (χ3n) is 1.82. The molecule has 13 heavy (non-hydrogen) atoms. The van der Waals surface area contributed by atoms with Crippen molar-refractivity contribution in [2.75, 3.05) is 33.9 Å². The average molecular weight is 189 g/mol. The molecule has 2 heteroatoms. The van der Waals surface area contributed by atoms with E-state index in [2.05, 4.69) is 18.9 Å². The van der Waals surface area contributed by atoms with Crippen LogP contribution in [0, 0.1) is 0 Å². The minimum absolute atomic E-state index is 0.850. The van der Waals surface area contributed by atoms with Gasteiger partial charge in [-0.25, -0.2) is 0 Å². The fourth-order valence-corrected chi connectivity index (χ4v) is 0.991. The predicted octanol–water partition coefficient (Wildman–Crippen LogP) is 2.78. The zero-order valence-electron chi connectivity index (χ0n) is 10.1. The molecule has 0 N–H and O–H groups in total. The summed E-state index contributed by atoms with van der Waals surface area (Å²) in [5.74, 6) is 0. The summed E-state index contributed by atoms with van der Waals surface area (Å²) in [6, 6.07) is 0. The Bertz CT molecular complexity index is 76.5. The van der Waals surface area contributed by atoms with Gasteiger partial charge in [-0.2, -0.15) is 0 Å². The van der Waals surface area contributed by atoms with E-state index in [-0.39, 0.29) is 0 Å². The van der Waals surface area contributed by atoms with Crippen molar-refractivity contribution in [1.82, 2.24) is 4.90 Å². The Morgan fingerprint density at radius 1 is 1.08 bits per heavy atom. The smallest absolute Gasteiger partial charge is 0.0589 e. The van der Waals surface area contributed by atoms with Gasteiger partial charge in [0.05, 0.1) is 6.61 Å². The van der Waals surface area contributed by atoms with Crippen LogP contribution in [0.4, 0.5) is 0 Å². The zero-order valence-corrected chi connectivity index (χ0v) is 10.1. The van der Waals surface area contributed by atoms with Crippen molar-refractivity contribution in [3.05, 3.63) is 0 Å². The van der Waals surface area contributed by atoms with Crippen LogP contribution in [0.15, 0.2) is 0 Å². The van der Waals surface area contributed by atoms with Gasteiger partial charge in [0.1, 0.15) is 0 Å². The van der Waals surface area contributed by atoms with Crippen molar-refractivity contribution in [3.63, 3.8) is 0 Å². The molecule has 0 heterocycles. The summed E-state index contributed by atoms with van der Waals surface area (Å²) in [4.78, 5) is 2.32. The third-order valence-corrected chi connectivity index (χ3v) is 1.82. The van der Waals surface area contributed by atoms with Gasteiger partial charge in [0.2, 0.25) is 0 Å².